The van der Waals surface area contributed by atoms with Crippen LogP contribution in [-0.2, 0) is 13.8 Å². The summed E-state index contributed by atoms with van der Waals surface area (Å²) in [5, 5.41) is 0. The van der Waals surface area contributed by atoms with Crippen LogP contribution in [0.25, 0.3) is 0 Å². The van der Waals surface area contributed by atoms with E-state index in [0.29, 0.717) is 36.9 Å². The van der Waals surface area contributed by atoms with Crippen LogP contribution in [0.4, 0.5) is 0 Å². The van der Waals surface area contributed by atoms with Crippen molar-refractivity contribution in [2.24, 2.45) is 5.73 Å². The molecule has 3 atom stereocenters. The summed E-state index contributed by atoms with van der Waals surface area (Å²) in [7, 11) is 1.35. The van der Waals surface area contributed by atoms with Crippen molar-refractivity contribution in [3.8, 4) is 0 Å². The van der Waals surface area contributed by atoms with Gasteiger partial charge in [0.05, 0.1) is 27.2 Å². The van der Waals surface area contributed by atoms with Crippen molar-refractivity contribution in [3.05, 3.63) is 0 Å². The molecule has 0 fully saturated rings. The maximum absolute atomic E-state index is 11.8. The maximum Gasteiger partial charge on any atom is 0.470 e. The summed E-state index contributed by atoms with van der Waals surface area (Å²) in [6.45, 7) is 7.09. The van der Waals surface area contributed by atoms with Gasteiger partial charge in [-0.05, 0) is 33.1 Å². The maximum atomic E-state index is 11.8. The fourth-order valence-electron chi connectivity index (χ4n) is 4.30. The molecule has 182 valence electrons. The molecule has 4 N–H and O–H groups in total. The van der Waals surface area contributed by atoms with Gasteiger partial charge in [0.25, 0.3) is 0 Å². The molecule has 0 rings (SSSR count). The van der Waals surface area contributed by atoms with Gasteiger partial charge in [0, 0.05) is 19.1 Å². The molecule has 0 aromatic carbocycles. The van der Waals surface area contributed by atoms with E-state index in [1.165, 1.54) is 38.5 Å². The second-order valence-corrected chi connectivity index (χ2v) is 11.1. The quantitative estimate of drug-likeness (QED) is 0.150. The smallest absolute Gasteiger partial charge is 0.379 e. The lowest BCUT2D eigenvalue weighted by molar-refractivity contribution is -0.876. The molecule has 0 aliphatic carbocycles. The van der Waals surface area contributed by atoms with E-state index >= 15 is 0 Å². The molecule has 0 saturated heterocycles. The van der Waals surface area contributed by atoms with E-state index in [1.807, 2.05) is 35.0 Å². The van der Waals surface area contributed by atoms with Crippen LogP contribution < -0.4 is 5.73 Å². The van der Waals surface area contributed by atoms with E-state index in [-0.39, 0.29) is 12.1 Å². The lowest BCUT2D eigenvalue weighted by Crippen LogP contribution is -2.52. The number of quaternary nitrogens is 1. The van der Waals surface area contributed by atoms with Crippen LogP contribution in [-0.4, -0.2) is 66.3 Å². The third kappa shape index (κ3) is 16.7. The molecule has 0 aliphatic rings. The zero-order valence-corrected chi connectivity index (χ0v) is 21.3. The lowest BCUT2D eigenvalue weighted by atomic mass is 9.87. The Kier molecular flexibility index (Phi) is 14.9. The molecule has 3 unspecified atom stereocenters. The number of rotatable bonds is 19. The number of phosphoric acid groups is 1. The van der Waals surface area contributed by atoms with Crippen LogP contribution in [0, 0.1) is 0 Å². The Morgan fingerprint density at radius 3 is 2.07 bits per heavy atom. The molecule has 0 amide bonds. The highest BCUT2D eigenvalue weighted by Crippen LogP contribution is 2.46. The molecule has 8 heteroatoms. The number of hydrogen-bond acceptors (Lipinski definition) is 4. The normalized spacial score (nSPS) is 17.0. The van der Waals surface area contributed by atoms with E-state index < -0.39 is 13.4 Å². The van der Waals surface area contributed by atoms with Gasteiger partial charge in [0.15, 0.2) is 0 Å². The van der Waals surface area contributed by atoms with Gasteiger partial charge in [-0.1, -0.05) is 51.9 Å². The van der Waals surface area contributed by atoms with Gasteiger partial charge in [-0.3, -0.25) is 4.52 Å². The molecule has 0 spiro atoms. The zero-order chi connectivity index (χ0) is 23.3. The minimum Gasteiger partial charge on any atom is -0.379 e. The topological polar surface area (TPSA) is 102 Å². The molecule has 0 aromatic heterocycles. The van der Waals surface area contributed by atoms with E-state index in [4.69, 9.17) is 15.0 Å². The van der Waals surface area contributed by atoms with Crippen molar-refractivity contribution in [1.29, 1.82) is 0 Å². The fourth-order valence-corrected chi connectivity index (χ4v) is 5.03. The van der Waals surface area contributed by atoms with Crippen LogP contribution in [0.2, 0.25) is 0 Å². The summed E-state index contributed by atoms with van der Waals surface area (Å²) in [5.74, 6) is 0. The first-order valence-corrected chi connectivity index (χ1v) is 13.3. The highest BCUT2D eigenvalue weighted by atomic mass is 31.2. The highest BCUT2D eigenvalue weighted by molar-refractivity contribution is 7.46. The van der Waals surface area contributed by atoms with E-state index in [9.17, 15) is 14.4 Å². The minimum atomic E-state index is -4.65. The Bertz CT molecular complexity index is 481. The third-order valence-corrected chi connectivity index (χ3v) is 5.96. The Morgan fingerprint density at radius 1 is 1.00 bits per heavy atom. The average Bonchev–Trinajstić information content (AvgIpc) is 2.56. The van der Waals surface area contributed by atoms with Crippen molar-refractivity contribution >= 4 is 7.82 Å². The second kappa shape index (κ2) is 14.9. The molecular weight excluding hydrogens is 403 g/mol. The van der Waals surface area contributed by atoms with Crippen LogP contribution in [0.5, 0.6) is 0 Å². The number of hydrogen-bond donors (Lipinski definition) is 3. The van der Waals surface area contributed by atoms with Crippen molar-refractivity contribution in [2.45, 2.75) is 109 Å². The molecule has 7 nitrogen and oxygen atoms in total. The largest absolute Gasteiger partial charge is 0.470 e. The number of likely N-dealkylation sites (N-methyl/N-ethyl adjacent to an activating group) is 1. The summed E-state index contributed by atoms with van der Waals surface area (Å²) >= 11 is 0. The summed E-state index contributed by atoms with van der Waals surface area (Å²) in [5.41, 5.74) is 5.39. The molecule has 0 radical (unpaired) electrons. The first kappa shape index (κ1) is 30.0. The monoisotopic (exact) mass is 453 g/mol. The number of ether oxygens (including phenoxy) is 1. The predicted molar refractivity (Wildman–Crippen MR) is 124 cm³/mol. The minimum absolute atomic E-state index is 0.00950. The van der Waals surface area contributed by atoms with Crippen molar-refractivity contribution in [3.63, 3.8) is 0 Å². The van der Waals surface area contributed by atoms with Crippen molar-refractivity contribution in [1.82, 2.24) is 0 Å². The Morgan fingerprint density at radius 2 is 1.57 bits per heavy atom. The van der Waals surface area contributed by atoms with Crippen LogP contribution in [0.15, 0.2) is 0 Å². The van der Waals surface area contributed by atoms with E-state index in [2.05, 4.69) is 6.92 Å². The SMILES string of the molecule is CCCCCCCCCC(N)CCC(CC(C)OCC)(C[N+](C)(C)C)OP(=O)(O)O. The molecule has 0 aromatic rings. The van der Waals surface area contributed by atoms with Gasteiger partial charge in [0.2, 0.25) is 0 Å². The first-order valence-electron chi connectivity index (χ1n) is 11.8. The summed E-state index contributed by atoms with van der Waals surface area (Å²) < 4.78 is 23.5. The van der Waals surface area contributed by atoms with E-state index in [0.717, 1.165) is 12.8 Å². The van der Waals surface area contributed by atoms with Gasteiger partial charge in [0.1, 0.15) is 12.1 Å². The first-order chi connectivity index (χ1) is 13.8. The van der Waals surface area contributed by atoms with Crippen LogP contribution in [0.3, 0.4) is 0 Å². The number of nitrogens with two attached hydrogens (primary N) is 1. The number of phosphoric ester groups is 1. The highest BCUT2D eigenvalue weighted by Gasteiger charge is 2.43. The second-order valence-electron chi connectivity index (χ2n) is 9.89. The van der Waals surface area contributed by atoms with Gasteiger partial charge in [-0.2, -0.15) is 0 Å². The Labute approximate surface area is 185 Å². The average molecular weight is 454 g/mol. The molecule has 0 saturated carbocycles. The third-order valence-electron chi connectivity index (χ3n) is 5.33. The molecule has 0 aliphatic heterocycles. The zero-order valence-electron chi connectivity index (χ0n) is 20.4. The summed E-state index contributed by atoms with van der Waals surface area (Å²) in [6, 6.07) is 0.00950. The van der Waals surface area contributed by atoms with Gasteiger partial charge in [-0.15, -0.1) is 0 Å². The Balaban J connectivity index is 4.93. The number of nitrogens with zero attached hydrogens (tertiary/aromatic N) is 1. The summed E-state index contributed by atoms with van der Waals surface area (Å²) in [6.07, 6.45) is 11.1. The van der Waals surface area contributed by atoms with Gasteiger partial charge in [-0.25, -0.2) is 4.57 Å². The summed E-state index contributed by atoms with van der Waals surface area (Å²) in [4.78, 5) is 19.3. The molecule has 0 heterocycles. The van der Waals surface area contributed by atoms with Gasteiger partial charge >= 0.3 is 7.82 Å². The predicted octanol–water partition coefficient (Wildman–Crippen LogP) is 4.60. The van der Waals surface area contributed by atoms with Crippen molar-refractivity contribution in [2.75, 3.05) is 34.3 Å². The molecule has 30 heavy (non-hydrogen) atoms. The van der Waals surface area contributed by atoms with Crippen molar-refractivity contribution < 1.29 is 28.1 Å². The van der Waals surface area contributed by atoms with Gasteiger partial charge < -0.3 is 24.7 Å². The molecular formula is C22H50N2O5P+. The van der Waals surface area contributed by atoms with Crippen LogP contribution in [0.1, 0.15) is 91.4 Å². The molecule has 0 bridgehead atoms. The Hall–Kier alpha value is -0.0100. The lowest BCUT2D eigenvalue weighted by Gasteiger charge is -2.40. The standard InChI is InChI=1S/C22H49N2O5P/c1-7-9-10-11-12-13-14-15-21(23)16-17-22(19-24(4,5)6,29-30(25,26)27)18-20(3)28-8-2/h20-21H,7-19,23H2,1-6H3,(H-,25,26,27)/p+1. The van der Waals surface area contributed by atoms with E-state index in [1.54, 1.807) is 0 Å². The van der Waals surface area contributed by atoms with Crippen LogP contribution >= 0.6 is 7.82 Å². The fraction of sp³-hybridized carbons (Fsp3) is 1.00. The number of unbranched alkanes of at least 4 members (excludes halogenated alkanes) is 6.